The van der Waals surface area contributed by atoms with Crippen LogP contribution in [0.2, 0.25) is 13.1 Å². The first-order chi connectivity index (χ1) is 7.41. The van der Waals surface area contributed by atoms with Crippen molar-refractivity contribution in [3.05, 3.63) is 0 Å². The first kappa shape index (κ1) is 15.1. The second kappa shape index (κ2) is 7.37. The molecular formula is C9H18O6Si. The standard InChI is InChI=1S/C9H18O6Si/c1-5-13-8(10)6-9(11)14-7-15-16(3,4)12-2/h5-7H2,1-4H3. The Kier molecular flexibility index (Phi) is 6.94. The zero-order chi connectivity index (χ0) is 12.6. The van der Waals surface area contributed by atoms with Gasteiger partial charge in [0.1, 0.15) is 6.42 Å². The van der Waals surface area contributed by atoms with Gasteiger partial charge in [0.05, 0.1) is 6.61 Å². The summed E-state index contributed by atoms with van der Waals surface area (Å²) >= 11 is 0. The van der Waals surface area contributed by atoms with Crippen molar-refractivity contribution in [3.8, 4) is 0 Å². The second-order valence-corrected chi connectivity index (χ2v) is 6.86. The quantitative estimate of drug-likeness (QED) is 0.288. The minimum absolute atomic E-state index is 0.203. The van der Waals surface area contributed by atoms with Crippen molar-refractivity contribution in [2.45, 2.75) is 26.4 Å². The maximum Gasteiger partial charge on any atom is 0.334 e. The van der Waals surface area contributed by atoms with Gasteiger partial charge >= 0.3 is 20.5 Å². The molecule has 0 aromatic heterocycles. The van der Waals surface area contributed by atoms with Crippen LogP contribution in [0.4, 0.5) is 0 Å². The summed E-state index contributed by atoms with van der Waals surface area (Å²) in [4.78, 5) is 22.0. The first-order valence-corrected chi connectivity index (χ1v) is 7.73. The Morgan fingerprint density at radius 3 is 2.19 bits per heavy atom. The van der Waals surface area contributed by atoms with Crippen LogP contribution in [0, 0.1) is 0 Å². The monoisotopic (exact) mass is 250 g/mol. The number of carbonyl (C=O) groups is 2. The van der Waals surface area contributed by atoms with Gasteiger partial charge in [0.15, 0.2) is 6.79 Å². The van der Waals surface area contributed by atoms with Crippen LogP contribution in [-0.2, 0) is 27.9 Å². The fourth-order valence-corrected chi connectivity index (χ4v) is 1.14. The minimum atomic E-state index is -2.19. The summed E-state index contributed by atoms with van der Waals surface area (Å²) in [5.74, 6) is -1.27. The van der Waals surface area contributed by atoms with Crippen LogP contribution >= 0.6 is 0 Å². The molecule has 7 heteroatoms. The zero-order valence-corrected chi connectivity index (χ0v) is 11.1. The summed E-state index contributed by atoms with van der Waals surface area (Å²) in [6, 6.07) is 0. The number of esters is 2. The Hall–Kier alpha value is -0.923. The third kappa shape index (κ3) is 7.38. The fourth-order valence-electron chi connectivity index (χ4n) is 0.677. The van der Waals surface area contributed by atoms with E-state index in [9.17, 15) is 9.59 Å². The summed E-state index contributed by atoms with van der Waals surface area (Å²) < 4.78 is 19.6. The lowest BCUT2D eigenvalue weighted by Gasteiger charge is -2.19. The molecule has 0 heterocycles. The lowest BCUT2D eigenvalue weighted by Crippen LogP contribution is -2.34. The van der Waals surface area contributed by atoms with Crippen LogP contribution in [0.3, 0.4) is 0 Å². The molecule has 0 saturated heterocycles. The molecule has 0 spiro atoms. The topological polar surface area (TPSA) is 71.1 Å². The van der Waals surface area contributed by atoms with Gasteiger partial charge in [0, 0.05) is 7.11 Å². The van der Waals surface area contributed by atoms with Crippen LogP contribution in [0.1, 0.15) is 13.3 Å². The third-order valence-corrected chi connectivity index (χ3v) is 3.51. The molecule has 0 aliphatic heterocycles. The predicted octanol–water partition coefficient (Wildman–Crippen LogP) is 0.805. The second-order valence-electron chi connectivity index (χ2n) is 3.36. The van der Waals surface area contributed by atoms with E-state index in [-0.39, 0.29) is 13.4 Å². The van der Waals surface area contributed by atoms with Crippen molar-refractivity contribution in [2.75, 3.05) is 20.5 Å². The Morgan fingerprint density at radius 2 is 1.69 bits per heavy atom. The van der Waals surface area contributed by atoms with Crippen molar-refractivity contribution >= 4 is 20.5 Å². The van der Waals surface area contributed by atoms with Crippen LogP contribution in [0.5, 0.6) is 0 Å². The molecule has 0 aromatic rings. The van der Waals surface area contributed by atoms with Crippen molar-refractivity contribution in [1.29, 1.82) is 0 Å². The summed E-state index contributed by atoms with van der Waals surface area (Å²) in [7, 11) is -0.658. The van der Waals surface area contributed by atoms with E-state index in [0.717, 1.165) is 0 Å². The highest BCUT2D eigenvalue weighted by atomic mass is 28.4. The molecule has 0 rings (SSSR count). The molecule has 0 bridgehead atoms. The zero-order valence-electron chi connectivity index (χ0n) is 10.1. The van der Waals surface area contributed by atoms with Gasteiger partial charge in [0.2, 0.25) is 0 Å². The molecule has 0 amide bonds. The average Bonchev–Trinajstić information content (AvgIpc) is 2.17. The Labute approximate surface area is 96.1 Å². The molecule has 0 aromatic carbocycles. The van der Waals surface area contributed by atoms with Gasteiger partial charge in [0.25, 0.3) is 0 Å². The normalized spacial score (nSPS) is 11.0. The van der Waals surface area contributed by atoms with E-state index in [0.29, 0.717) is 0 Å². The highest BCUT2D eigenvalue weighted by Gasteiger charge is 2.23. The smallest absolute Gasteiger partial charge is 0.334 e. The van der Waals surface area contributed by atoms with Crippen LogP contribution in [-0.4, -0.2) is 41.0 Å². The molecule has 6 nitrogen and oxygen atoms in total. The third-order valence-electron chi connectivity index (χ3n) is 1.71. The van der Waals surface area contributed by atoms with Gasteiger partial charge in [-0.15, -0.1) is 0 Å². The number of rotatable bonds is 7. The van der Waals surface area contributed by atoms with E-state index in [1.54, 1.807) is 6.92 Å². The van der Waals surface area contributed by atoms with Gasteiger partial charge in [-0.3, -0.25) is 9.59 Å². The summed E-state index contributed by atoms with van der Waals surface area (Å²) in [5.41, 5.74) is 0. The molecule has 0 aliphatic rings. The minimum Gasteiger partial charge on any atom is -0.466 e. The predicted molar refractivity (Wildman–Crippen MR) is 57.8 cm³/mol. The Bertz CT molecular complexity index is 240. The van der Waals surface area contributed by atoms with Crippen molar-refractivity contribution in [1.82, 2.24) is 0 Å². The van der Waals surface area contributed by atoms with Crippen LogP contribution < -0.4 is 0 Å². The molecule has 0 N–H and O–H groups in total. The number of carbonyl (C=O) groups excluding carboxylic acids is 2. The van der Waals surface area contributed by atoms with Crippen LogP contribution in [0.25, 0.3) is 0 Å². The van der Waals surface area contributed by atoms with Gasteiger partial charge in [-0.05, 0) is 20.0 Å². The van der Waals surface area contributed by atoms with E-state index in [4.69, 9.17) is 8.85 Å². The number of ether oxygens (including phenoxy) is 2. The molecule has 16 heavy (non-hydrogen) atoms. The molecular weight excluding hydrogens is 232 g/mol. The average molecular weight is 250 g/mol. The van der Waals surface area contributed by atoms with Crippen molar-refractivity contribution < 1.29 is 27.9 Å². The van der Waals surface area contributed by atoms with E-state index in [2.05, 4.69) is 9.47 Å². The highest BCUT2D eigenvalue weighted by molar-refractivity contribution is 6.64. The fraction of sp³-hybridized carbons (Fsp3) is 0.778. The molecule has 94 valence electrons. The van der Waals surface area contributed by atoms with E-state index >= 15 is 0 Å². The Balaban J connectivity index is 3.70. The molecule has 0 saturated carbocycles. The van der Waals surface area contributed by atoms with Gasteiger partial charge in [-0.2, -0.15) is 0 Å². The maximum absolute atomic E-state index is 11.1. The van der Waals surface area contributed by atoms with E-state index < -0.39 is 26.9 Å². The van der Waals surface area contributed by atoms with Crippen molar-refractivity contribution in [2.24, 2.45) is 0 Å². The first-order valence-electron chi connectivity index (χ1n) is 4.91. The van der Waals surface area contributed by atoms with Crippen LogP contribution in [0.15, 0.2) is 0 Å². The summed E-state index contributed by atoms with van der Waals surface area (Å²) in [6.45, 7) is 5.33. The molecule has 0 atom stereocenters. The van der Waals surface area contributed by atoms with Gasteiger partial charge in [-0.25, -0.2) is 0 Å². The molecule has 0 aliphatic carbocycles. The molecule has 0 fully saturated rings. The van der Waals surface area contributed by atoms with Gasteiger partial charge in [-0.1, -0.05) is 0 Å². The molecule has 0 radical (unpaired) electrons. The van der Waals surface area contributed by atoms with Gasteiger partial charge < -0.3 is 18.3 Å². The lowest BCUT2D eigenvalue weighted by molar-refractivity contribution is -0.158. The van der Waals surface area contributed by atoms with Crippen molar-refractivity contribution in [3.63, 3.8) is 0 Å². The van der Waals surface area contributed by atoms with E-state index in [1.165, 1.54) is 7.11 Å². The largest absolute Gasteiger partial charge is 0.466 e. The summed E-state index contributed by atoms with van der Waals surface area (Å²) in [5, 5.41) is 0. The number of hydrogen-bond donors (Lipinski definition) is 0. The van der Waals surface area contributed by atoms with E-state index in [1.807, 2.05) is 13.1 Å². The summed E-state index contributed by atoms with van der Waals surface area (Å²) in [6.07, 6.45) is -0.397. The number of hydrogen-bond acceptors (Lipinski definition) is 6. The maximum atomic E-state index is 11.1. The lowest BCUT2D eigenvalue weighted by atomic mass is 10.4. The Morgan fingerprint density at radius 1 is 1.12 bits per heavy atom. The SMILES string of the molecule is CCOC(=O)CC(=O)OCO[Si](C)(C)OC. The molecule has 0 unspecified atom stereocenters. The highest BCUT2D eigenvalue weighted by Crippen LogP contribution is 2.04.